The van der Waals surface area contributed by atoms with Crippen molar-refractivity contribution in [3.63, 3.8) is 0 Å². The van der Waals surface area contributed by atoms with Crippen molar-refractivity contribution in [2.45, 2.75) is 6.04 Å². The first-order valence-electron chi connectivity index (χ1n) is 4.81. The maximum atomic E-state index is 11.6. The molecule has 1 amide bonds. The summed E-state index contributed by atoms with van der Waals surface area (Å²) < 4.78 is 4.96. The predicted molar refractivity (Wildman–Crippen MR) is 54.9 cm³/mol. The van der Waals surface area contributed by atoms with Crippen LogP contribution in [0.2, 0.25) is 0 Å². The minimum Gasteiger partial charge on any atom is -0.495 e. The van der Waals surface area contributed by atoms with Crippen molar-refractivity contribution in [3.05, 3.63) is 24.0 Å². The van der Waals surface area contributed by atoms with Gasteiger partial charge in [0.2, 0.25) is 0 Å². The van der Waals surface area contributed by atoms with Crippen molar-refractivity contribution in [3.8, 4) is 5.75 Å². The molecule has 2 rings (SSSR count). The van der Waals surface area contributed by atoms with Gasteiger partial charge in [-0.15, -0.1) is 0 Å². The van der Waals surface area contributed by atoms with E-state index in [0.29, 0.717) is 11.4 Å². The second kappa shape index (κ2) is 4.27. The molecule has 0 atom stereocenters. The molecule has 1 saturated heterocycles. The number of ether oxygens (including phenoxy) is 1. The van der Waals surface area contributed by atoms with Crippen molar-refractivity contribution in [1.82, 2.24) is 15.6 Å². The normalized spacial score (nSPS) is 15.5. The molecule has 5 nitrogen and oxygen atoms in total. The molecule has 0 aliphatic carbocycles. The Bertz CT molecular complexity index is 346. The Morgan fingerprint density at radius 1 is 1.60 bits per heavy atom. The van der Waals surface area contributed by atoms with Crippen molar-refractivity contribution < 1.29 is 9.53 Å². The van der Waals surface area contributed by atoms with Gasteiger partial charge in [-0.2, -0.15) is 0 Å². The van der Waals surface area contributed by atoms with Gasteiger partial charge in [-0.05, 0) is 12.1 Å². The minimum absolute atomic E-state index is 0.135. The molecule has 1 aliphatic rings. The van der Waals surface area contributed by atoms with E-state index in [1.165, 1.54) is 6.20 Å². The second-order valence-electron chi connectivity index (χ2n) is 3.41. The number of nitrogens with zero attached hydrogens (tertiary/aromatic N) is 1. The van der Waals surface area contributed by atoms with Crippen LogP contribution in [0.25, 0.3) is 0 Å². The standard InChI is InChI=1S/C10H13N3O2/c1-15-8-2-3-9(12-6-8)10(14)13-7-4-11-5-7/h2-3,6-7,11H,4-5H2,1H3,(H,13,14). The van der Waals surface area contributed by atoms with Crippen LogP contribution >= 0.6 is 0 Å². The molecule has 0 aromatic carbocycles. The van der Waals surface area contributed by atoms with Gasteiger partial charge in [0.1, 0.15) is 11.4 Å². The summed E-state index contributed by atoms with van der Waals surface area (Å²) in [6.07, 6.45) is 1.54. The summed E-state index contributed by atoms with van der Waals surface area (Å²) >= 11 is 0. The highest BCUT2D eigenvalue weighted by atomic mass is 16.5. The van der Waals surface area contributed by atoms with E-state index in [2.05, 4.69) is 15.6 Å². The number of rotatable bonds is 3. The Labute approximate surface area is 87.8 Å². The summed E-state index contributed by atoms with van der Waals surface area (Å²) in [5.74, 6) is 0.515. The summed E-state index contributed by atoms with van der Waals surface area (Å²) in [6.45, 7) is 1.67. The lowest BCUT2D eigenvalue weighted by atomic mass is 10.2. The topological polar surface area (TPSA) is 63.2 Å². The molecular weight excluding hydrogens is 194 g/mol. The zero-order valence-electron chi connectivity index (χ0n) is 8.49. The minimum atomic E-state index is -0.135. The zero-order valence-corrected chi connectivity index (χ0v) is 8.49. The quantitative estimate of drug-likeness (QED) is 0.720. The van der Waals surface area contributed by atoms with Crippen LogP contribution in [0, 0.1) is 0 Å². The fourth-order valence-corrected chi connectivity index (χ4v) is 1.29. The Kier molecular flexibility index (Phi) is 2.82. The number of amides is 1. The largest absolute Gasteiger partial charge is 0.495 e. The zero-order chi connectivity index (χ0) is 10.7. The molecule has 5 heteroatoms. The van der Waals surface area contributed by atoms with Crippen LogP contribution in [-0.2, 0) is 0 Å². The maximum absolute atomic E-state index is 11.6. The lowest BCUT2D eigenvalue weighted by molar-refractivity contribution is 0.0919. The lowest BCUT2D eigenvalue weighted by Gasteiger charge is -2.27. The molecule has 0 unspecified atom stereocenters. The summed E-state index contributed by atoms with van der Waals surface area (Å²) in [4.78, 5) is 15.6. The number of pyridine rings is 1. The lowest BCUT2D eigenvalue weighted by Crippen LogP contribution is -2.57. The molecule has 1 fully saturated rings. The van der Waals surface area contributed by atoms with Crippen LogP contribution in [0.3, 0.4) is 0 Å². The highest BCUT2D eigenvalue weighted by molar-refractivity contribution is 5.92. The molecule has 80 valence electrons. The van der Waals surface area contributed by atoms with Gasteiger partial charge >= 0.3 is 0 Å². The first-order valence-corrected chi connectivity index (χ1v) is 4.81. The van der Waals surface area contributed by atoms with Crippen molar-refractivity contribution in [2.75, 3.05) is 20.2 Å². The molecular formula is C10H13N3O2. The van der Waals surface area contributed by atoms with Crippen molar-refractivity contribution in [2.24, 2.45) is 0 Å². The smallest absolute Gasteiger partial charge is 0.270 e. The van der Waals surface area contributed by atoms with Crippen LogP contribution in [-0.4, -0.2) is 37.1 Å². The Hall–Kier alpha value is -1.62. The van der Waals surface area contributed by atoms with Crippen LogP contribution < -0.4 is 15.4 Å². The molecule has 15 heavy (non-hydrogen) atoms. The Morgan fingerprint density at radius 2 is 2.40 bits per heavy atom. The molecule has 1 aromatic rings. The van der Waals surface area contributed by atoms with Gasteiger partial charge < -0.3 is 15.4 Å². The fraction of sp³-hybridized carbons (Fsp3) is 0.400. The highest BCUT2D eigenvalue weighted by Gasteiger charge is 2.19. The average Bonchev–Trinajstić information content (AvgIpc) is 2.23. The third-order valence-electron chi connectivity index (χ3n) is 2.32. The molecule has 0 spiro atoms. The first-order chi connectivity index (χ1) is 7.29. The summed E-state index contributed by atoms with van der Waals surface area (Å²) in [5, 5.41) is 5.95. The van der Waals surface area contributed by atoms with Crippen LogP contribution in [0.1, 0.15) is 10.5 Å². The number of hydrogen-bond donors (Lipinski definition) is 2. The van der Waals surface area contributed by atoms with Crippen molar-refractivity contribution in [1.29, 1.82) is 0 Å². The van der Waals surface area contributed by atoms with E-state index >= 15 is 0 Å². The third kappa shape index (κ3) is 2.24. The second-order valence-corrected chi connectivity index (χ2v) is 3.41. The number of hydrogen-bond acceptors (Lipinski definition) is 4. The summed E-state index contributed by atoms with van der Waals surface area (Å²) in [6, 6.07) is 3.61. The van der Waals surface area contributed by atoms with Gasteiger partial charge in [0, 0.05) is 13.1 Å². The van der Waals surface area contributed by atoms with E-state index in [1.54, 1.807) is 19.2 Å². The van der Waals surface area contributed by atoms with Crippen LogP contribution in [0.15, 0.2) is 18.3 Å². The monoisotopic (exact) mass is 207 g/mol. The van der Waals surface area contributed by atoms with E-state index in [-0.39, 0.29) is 11.9 Å². The molecule has 0 bridgehead atoms. The van der Waals surface area contributed by atoms with Gasteiger partial charge in [0.25, 0.3) is 5.91 Å². The molecule has 1 aliphatic heterocycles. The van der Waals surface area contributed by atoms with Gasteiger partial charge in [-0.1, -0.05) is 0 Å². The number of nitrogens with one attached hydrogen (secondary N) is 2. The van der Waals surface area contributed by atoms with Gasteiger partial charge in [-0.25, -0.2) is 4.98 Å². The van der Waals surface area contributed by atoms with E-state index in [1.807, 2.05) is 0 Å². The predicted octanol–water partition coefficient (Wildman–Crippen LogP) is -0.208. The molecule has 1 aromatic heterocycles. The molecule has 0 saturated carbocycles. The van der Waals surface area contributed by atoms with Crippen LogP contribution in [0.5, 0.6) is 5.75 Å². The molecule has 0 radical (unpaired) electrons. The molecule has 2 heterocycles. The van der Waals surface area contributed by atoms with E-state index < -0.39 is 0 Å². The number of aromatic nitrogens is 1. The van der Waals surface area contributed by atoms with Gasteiger partial charge in [-0.3, -0.25) is 4.79 Å². The van der Waals surface area contributed by atoms with Crippen LogP contribution in [0.4, 0.5) is 0 Å². The summed E-state index contributed by atoms with van der Waals surface area (Å²) in [7, 11) is 1.57. The maximum Gasteiger partial charge on any atom is 0.270 e. The van der Waals surface area contributed by atoms with E-state index in [0.717, 1.165) is 13.1 Å². The number of carbonyl (C=O) groups excluding carboxylic acids is 1. The first kappa shape index (κ1) is 9.92. The van der Waals surface area contributed by atoms with Crippen molar-refractivity contribution >= 4 is 5.91 Å². The molecule has 2 N–H and O–H groups in total. The number of methoxy groups -OCH3 is 1. The average molecular weight is 207 g/mol. The Morgan fingerprint density at radius 3 is 2.87 bits per heavy atom. The Balaban J connectivity index is 1.98. The number of carbonyl (C=O) groups is 1. The SMILES string of the molecule is COc1ccc(C(=O)NC2CNC2)nc1. The van der Waals surface area contributed by atoms with Gasteiger partial charge in [0.05, 0.1) is 19.3 Å². The van der Waals surface area contributed by atoms with Gasteiger partial charge in [0.15, 0.2) is 0 Å². The third-order valence-corrected chi connectivity index (χ3v) is 2.32. The van der Waals surface area contributed by atoms with E-state index in [4.69, 9.17) is 4.74 Å². The van der Waals surface area contributed by atoms with E-state index in [9.17, 15) is 4.79 Å². The summed E-state index contributed by atoms with van der Waals surface area (Å²) in [5.41, 5.74) is 0.419. The fourth-order valence-electron chi connectivity index (χ4n) is 1.29. The highest BCUT2D eigenvalue weighted by Crippen LogP contribution is 2.08.